The highest BCUT2D eigenvalue weighted by Gasteiger charge is 2.08. The van der Waals surface area contributed by atoms with Crippen LogP contribution in [0.5, 0.6) is 0 Å². The van der Waals surface area contributed by atoms with Gasteiger partial charge >= 0.3 is 0 Å². The van der Waals surface area contributed by atoms with E-state index in [-0.39, 0.29) is 5.69 Å². The van der Waals surface area contributed by atoms with Gasteiger partial charge in [0.25, 0.3) is 11.4 Å². The van der Waals surface area contributed by atoms with Crippen molar-refractivity contribution in [2.75, 3.05) is 0 Å². The summed E-state index contributed by atoms with van der Waals surface area (Å²) in [5, 5.41) is 20.3. The van der Waals surface area contributed by atoms with Crippen LogP contribution in [-0.2, 0) is 0 Å². The minimum absolute atomic E-state index is 0.0244. The molecule has 0 heterocycles. The number of nitro benzene ring substituents is 1. The van der Waals surface area contributed by atoms with Crippen LogP contribution in [0.4, 0.5) is 11.4 Å². The van der Waals surface area contributed by atoms with Crippen molar-refractivity contribution in [3.05, 3.63) is 70.3 Å². The van der Waals surface area contributed by atoms with Crippen LogP contribution < -0.4 is 0 Å². The van der Waals surface area contributed by atoms with Crippen LogP contribution in [0.25, 0.3) is 0 Å². The zero-order valence-corrected chi connectivity index (χ0v) is 9.43. The second-order valence-corrected chi connectivity index (χ2v) is 3.66. The maximum absolute atomic E-state index is 10.5. The van der Waals surface area contributed by atoms with Gasteiger partial charge in [0, 0.05) is 34.6 Å². The maximum Gasteiger partial charge on any atom is 0.269 e. The molecule has 0 unspecified atom stereocenters. The summed E-state index contributed by atoms with van der Waals surface area (Å²) in [6, 6.07) is 14.9. The number of rotatable bonds is 3. The number of benzene rings is 2. The Labute approximate surface area is 103 Å². The normalized spacial score (nSPS) is 11.2. The molecule has 0 atom stereocenters. The van der Waals surface area contributed by atoms with Gasteiger partial charge in [-0.05, 0) is 12.1 Å². The molecule has 0 aliphatic rings. The molecule has 0 spiro atoms. The molecule has 90 valence electrons. The van der Waals surface area contributed by atoms with Crippen molar-refractivity contribution in [3.63, 3.8) is 0 Å². The van der Waals surface area contributed by atoms with E-state index in [0.29, 0.717) is 11.3 Å². The zero-order valence-electron chi connectivity index (χ0n) is 9.43. The van der Waals surface area contributed by atoms with E-state index in [1.807, 2.05) is 18.2 Å². The molecule has 2 aromatic rings. The molecular weight excluding hydrogens is 232 g/mol. The Balaban J connectivity index is 2.25. The molecule has 0 bridgehead atoms. The highest BCUT2D eigenvalue weighted by atomic mass is 16.6. The lowest BCUT2D eigenvalue weighted by atomic mass is 10.2. The molecule has 0 aromatic heterocycles. The molecule has 2 rings (SSSR count). The van der Waals surface area contributed by atoms with Gasteiger partial charge in [-0.1, -0.05) is 18.2 Å². The van der Waals surface area contributed by atoms with Crippen LogP contribution in [-0.4, -0.2) is 21.1 Å². The lowest BCUT2D eigenvalue weighted by molar-refractivity contribution is -0.709. The maximum atomic E-state index is 10.5. The van der Waals surface area contributed by atoms with Gasteiger partial charge in [0.05, 0.1) is 4.92 Å². The summed E-state index contributed by atoms with van der Waals surface area (Å²) in [6.45, 7) is 0. The Morgan fingerprint density at radius 2 is 1.56 bits per heavy atom. The SMILES string of the molecule is O=[N+]([O-])c1ccc(/C=[N+](\O)c2ccccc2)cc1. The quantitative estimate of drug-likeness (QED) is 0.296. The van der Waals surface area contributed by atoms with Crippen molar-refractivity contribution in [2.24, 2.45) is 0 Å². The Kier molecular flexibility index (Phi) is 3.33. The number of nitrogens with zero attached hydrogens (tertiary/aromatic N) is 2. The monoisotopic (exact) mass is 243 g/mol. The summed E-state index contributed by atoms with van der Waals surface area (Å²) in [6.07, 6.45) is 1.49. The Morgan fingerprint density at radius 3 is 2.11 bits per heavy atom. The first kappa shape index (κ1) is 11.8. The van der Waals surface area contributed by atoms with Gasteiger partial charge in [-0.15, -0.1) is 0 Å². The van der Waals surface area contributed by atoms with Crippen LogP contribution in [0.1, 0.15) is 5.56 Å². The molecule has 0 fully saturated rings. The third-order valence-electron chi connectivity index (χ3n) is 2.40. The fourth-order valence-corrected chi connectivity index (χ4v) is 1.48. The van der Waals surface area contributed by atoms with E-state index in [2.05, 4.69) is 0 Å². The number of nitro groups is 1. The largest absolute Gasteiger partial charge is 0.285 e. The second-order valence-electron chi connectivity index (χ2n) is 3.66. The van der Waals surface area contributed by atoms with Crippen LogP contribution >= 0.6 is 0 Å². The first-order valence-corrected chi connectivity index (χ1v) is 5.29. The van der Waals surface area contributed by atoms with E-state index < -0.39 is 4.92 Å². The van der Waals surface area contributed by atoms with Crippen molar-refractivity contribution < 1.29 is 14.9 Å². The van der Waals surface area contributed by atoms with Crippen molar-refractivity contribution in [2.45, 2.75) is 0 Å². The van der Waals surface area contributed by atoms with Gasteiger partial charge < -0.3 is 0 Å². The van der Waals surface area contributed by atoms with Crippen LogP contribution in [0.2, 0.25) is 0 Å². The topological polar surface area (TPSA) is 66.4 Å². The van der Waals surface area contributed by atoms with Crippen molar-refractivity contribution in [3.8, 4) is 0 Å². The molecule has 0 aliphatic heterocycles. The summed E-state index contributed by atoms with van der Waals surface area (Å²) in [4.78, 5) is 10.0. The van der Waals surface area contributed by atoms with E-state index in [1.165, 1.54) is 18.3 Å². The van der Waals surface area contributed by atoms with Crippen molar-refractivity contribution >= 4 is 17.6 Å². The molecule has 18 heavy (non-hydrogen) atoms. The molecule has 5 nitrogen and oxygen atoms in total. The van der Waals surface area contributed by atoms with E-state index in [4.69, 9.17) is 0 Å². The van der Waals surface area contributed by atoms with Gasteiger partial charge in [-0.3, -0.25) is 15.3 Å². The zero-order chi connectivity index (χ0) is 13.0. The first-order valence-electron chi connectivity index (χ1n) is 5.29. The van der Waals surface area contributed by atoms with E-state index in [9.17, 15) is 15.3 Å². The van der Waals surface area contributed by atoms with Crippen LogP contribution in [0, 0.1) is 10.1 Å². The molecule has 1 N–H and O–H groups in total. The number of para-hydroxylation sites is 1. The average Bonchev–Trinajstić information content (AvgIpc) is 2.40. The highest BCUT2D eigenvalue weighted by Crippen LogP contribution is 2.12. The molecule has 2 aromatic carbocycles. The Bertz CT molecular complexity index is 577. The molecule has 0 saturated heterocycles. The van der Waals surface area contributed by atoms with E-state index in [0.717, 1.165) is 4.74 Å². The van der Waals surface area contributed by atoms with Crippen LogP contribution in [0.3, 0.4) is 0 Å². The average molecular weight is 243 g/mol. The highest BCUT2D eigenvalue weighted by molar-refractivity contribution is 5.76. The molecule has 0 saturated carbocycles. The Hall–Kier alpha value is -2.69. The summed E-state index contributed by atoms with van der Waals surface area (Å²) >= 11 is 0. The van der Waals surface area contributed by atoms with Gasteiger partial charge in [0.2, 0.25) is 6.21 Å². The molecule has 0 amide bonds. The fraction of sp³-hybridized carbons (Fsp3) is 0. The molecular formula is C13H11N2O3+. The van der Waals surface area contributed by atoms with Gasteiger partial charge in [0.15, 0.2) is 0 Å². The standard InChI is InChI=1S/C13H11N2O3/c16-14(12-4-2-1-3-5-12)10-11-6-8-13(9-7-11)15(17)18/h1-10,16H/q+1/b14-10-. The minimum atomic E-state index is -0.461. The van der Waals surface area contributed by atoms with Gasteiger partial charge in [-0.25, -0.2) is 0 Å². The summed E-state index contributed by atoms with van der Waals surface area (Å²) < 4.78 is 0.973. The summed E-state index contributed by atoms with van der Waals surface area (Å²) in [7, 11) is 0. The van der Waals surface area contributed by atoms with E-state index >= 15 is 0 Å². The van der Waals surface area contributed by atoms with E-state index in [1.54, 1.807) is 24.3 Å². The smallest absolute Gasteiger partial charge is 0.269 e. The van der Waals surface area contributed by atoms with Gasteiger partial charge in [0.1, 0.15) is 0 Å². The summed E-state index contributed by atoms with van der Waals surface area (Å²) in [5.74, 6) is 0. The van der Waals surface area contributed by atoms with Crippen molar-refractivity contribution in [1.29, 1.82) is 0 Å². The lowest BCUT2D eigenvalue weighted by Gasteiger charge is -1.93. The molecule has 0 radical (unpaired) electrons. The number of non-ortho nitro benzene ring substituents is 1. The second kappa shape index (κ2) is 5.09. The minimum Gasteiger partial charge on any atom is -0.285 e. The Morgan fingerprint density at radius 1 is 0.944 bits per heavy atom. The van der Waals surface area contributed by atoms with Crippen LogP contribution in [0.15, 0.2) is 54.6 Å². The number of hydrogen-bond donors (Lipinski definition) is 1. The fourth-order valence-electron chi connectivity index (χ4n) is 1.48. The molecule has 0 aliphatic carbocycles. The summed E-state index contributed by atoms with van der Waals surface area (Å²) in [5.41, 5.74) is 1.32. The predicted octanol–water partition coefficient (Wildman–Crippen LogP) is 2.75. The molecule has 5 heteroatoms. The van der Waals surface area contributed by atoms with Crippen molar-refractivity contribution in [1.82, 2.24) is 0 Å². The predicted molar refractivity (Wildman–Crippen MR) is 66.4 cm³/mol. The third-order valence-corrected chi connectivity index (χ3v) is 2.40. The third kappa shape index (κ3) is 2.70. The first-order chi connectivity index (χ1) is 8.66. The lowest BCUT2D eigenvalue weighted by Crippen LogP contribution is -2.01. The van der Waals surface area contributed by atoms with Gasteiger partial charge in [-0.2, -0.15) is 0 Å². The number of hydrogen-bond acceptors (Lipinski definition) is 3.